The minimum absolute atomic E-state index is 0.0666. The summed E-state index contributed by atoms with van der Waals surface area (Å²) in [6.45, 7) is 0.0666. The van der Waals surface area contributed by atoms with E-state index in [1.165, 1.54) is 6.26 Å². The van der Waals surface area contributed by atoms with E-state index in [9.17, 15) is 4.79 Å². The first-order valence-corrected chi connectivity index (χ1v) is 9.10. The number of aromatic nitrogens is 1. The van der Waals surface area contributed by atoms with Gasteiger partial charge in [-0.05, 0) is 34.7 Å². The molecule has 5 nitrogen and oxygen atoms in total. The Bertz CT molecular complexity index is 971. The number of nitrogens with one attached hydrogen (secondary N) is 1. The van der Waals surface area contributed by atoms with E-state index in [4.69, 9.17) is 9.47 Å². The number of carbonyl (C=O) groups excluding carboxylic acids is 1. The zero-order valence-corrected chi connectivity index (χ0v) is 15.2. The Hall–Kier alpha value is -3.60. The van der Waals surface area contributed by atoms with Gasteiger partial charge in [0.15, 0.2) is 0 Å². The van der Waals surface area contributed by atoms with Crippen LogP contribution in [0.2, 0.25) is 0 Å². The summed E-state index contributed by atoms with van der Waals surface area (Å²) in [7, 11) is 0. The van der Waals surface area contributed by atoms with Crippen molar-refractivity contribution in [2.45, 2.75) is 12.5 Å². The third kappa shape index (κ3) is 4.04. The van der Waals surface area contributed by atoms with Crippen molar-refractivity contribution in [3.05, 3.63) is 102 Å². The van der Waals surface area contributed by atoms with Gasteiger partial charge in [0.2, 0.25) is 12.6 Å². The number of amides is 1. The molecule has 0 aliphatic carbocycles. The lowest BCUT2D eigenvalue weighted by Gasteiger charge is -2.21. The van der Waals surface area contributed by atoms with E-state index in [-0.39, 0.29) is 24.5 Å². The molecule has 1 unspecified atom stereocenters. The maximum absolute atomic E-state index is 12.6. The summed E-state index contributed by atoms with van der Waals surface area (Å²) in [5.74, 6) is -0.117. The number of hydrogen-bond donors (Lipinski definition) is 1. The Balaban J connectivity index is 1.64. The fourth-order valence-corrected chi connectivity index (χ4v) is 3.24. The molecule has 4 rings (SSSR count). The van der Waals surface area contributed by atoms with Gasteiger partial charge < -0.3 is 14.8 Å². The quantitative estimate of drug-likeness (QED) is 0.711. The van der Waals surface area contributed by atoms with Crippen LogP contribution in [0.5, 0.6) is 0 Å². The molecule has 1 amide bonds. The Morgan fingerprint density at radius 1 is 1.04 bits per heavy atom. The summed E-state index contributed by atoms with van der Waals surface area (Å²) in [6, 6.07) is 22.0. The Kier molecular flexibility index (Phi) is 5.33. The molecule has 1 aliphatic heterocycles. The van der Waals surface area contributed by atoms with Gasteiger partial charge in [-0.15, -0.1) is 0 Å². The third-order valence-corrected chi connectivity index (χ3v) is 4.61. The molecule has 5 heteroatoms. The maximum Gasteiger partial charge on any atom is 0.290 e. The molecule has 2 aromatic carbocycles. The topological polar surface area (TPSA) is 60.5 Å². The van der Waals surface area contributed by atoms with Crippen LogP contribution >= 0.6 is 0 Å². The van der Waals surface area contributed by atoms with E-state index in [1.807, 2.05) is 42.5 Å². The SMILES string of the molecule is O=C(NC(Cc1ccccc1-c1ccccc1)c1cccnc1)C1=COCO1. The standard InChI is InChI=1S/C23H20N2O3/c26-23(22-15-27-16-28-22)25-21(19-10-6-12-24-14-19)13-18-9-4-5-11-20(18)17-7-2-1-3-8-17/h1-12,14-15,21H,13,16H2,(H,25,26). The molecule has 0 saturated heterocycles. The lowest BCUT2D eigenvalue weighted by Crippen LogP contribution is -2.31. The molecule has 1 N–H and O–H groups in total. The van der Waals surface area contributed by atoms with Crippen molar-refractivity contribution in [1.29, 1.82) is 0 Å². The number of nitrogens with zero attached hydrogens (tertiary/aromatic N) is 1. The van der Waals surface area contributed by atoms with Crippen LogP contribution in [0.4, 0.5) is 0 Å². The van der Waals surface area contributed by atoms with Crippen LogP contribution in [0.15, 0.2) is 91.1 Å². The van der Waals surface area contributed by atoms with Gasteiger partial charge in [0, 0.05) is 12.4 Å². The molecule has 0 bridgehead atoms. The monoisotopic (exact) mass is 372 g/mol. The number of pyridine rings is 1. The van der Waals surface area contributed by atoms with Gasteiger partial charge in [-0.3, -0.25) is 9.78 Å². The molecule has 0 spiro atoms. The molecule has 1 aliphatic rings. The second-order valence-corrected chi connectivity index (χ2v) is 6.45. The average Bonchev–Trinajstić information content (AvgIpc) is 3.30. The lowest BCUT2D eigenvalue weighted by molar-refractivity contribution is -0.121. The van der Waals surface area contributed by atoms with Gasteiger partial charge in [0.25, 0.3) is 5.91 Å². The first-order valence-electron chi connectivity index (χ1n) is 9.10. The molecule has 0 saturated carbocycles. The fraction of sp³-hybridized carbons (Fsp3) is 0.130. The van der Waals surface area contributed by atoms with Crippen LogP contribution in [-0.2, 0) is 20.7 Å². The summed E-state index contributed by atoms with van der Waals surface area (Å²) in [5, 5.41) is 3.05. The van der Waals surface area contributed by atoms with Gasteiger partial charge in [0.1, 0.15) is 6.26 Å². The summed E-state index contributed by atoms with van der Waals surface area (Å²) in [4.78, 5) is 16.8. The van der Waals surface area contributed by atoms with Crippen LogP contribution in [0.25, 0.3) is 11.1 Å². The second kappa shape index (κ2) is 8.39. The van der Waals surface area contributed by atoms with Crippen molar-refractivity contribution in [3.8, 4) is 11.1 Å². The molecule has 2 heterocycles. The molecule has 0 fully saturated rings. The van der Waals surface area contributed by atoms with E-state index >= 15 is 0 Å². The highest BCUT2D eigenvalue weighted by atomic mass is 16.7. The van der Waals surface area contributed by atoms with Crippen LogP contribution < -0.4 is 5.32 Å². The molecule has 28 heavy (non-hydrogen) atoms. The van der Waals surface area contributed by atoms with Crippen LogP contribution in [0, 0.1) is 0 Å². The van der Waals surface area contributed by atoms with Crippen molar-refractivity contribution in [1.82, 2.24) is 10.3 Å². The van der Waals surface area contributed by atoms with Crippen molar-refractivity contribution >= 4 is 5.91 Å². The van der Waals surface area contributed by atoms with Gasteiger partial charge in [0.05, 0.1) is 6.04 Å². The zero-order chi connectivity index (χ0) is 19.2. The number of hydrogen-bond acceptors (Lipinski definition) is 4. The Labute approximate surface area is 163 Å². The normalized spacial score (nSPS) is 13.8. The molecule has 140 valence electrons. The number of benzene rings is 2. The molecule has 1 atom stereocenters. The Morgan fingerprint density at radius 2 is 1.86 bits per heavy atom. The van der Waals surface area contributed by atoms with E-state index in [1.54, 1.807) is 12.4 Å². The predicted molar refractivity (Wildman–Crippen MR) is 106 cm³/mol. The van der Waals surface area contributed by atoms with Gasteiger partial charge in [-0.2, -0.15) is 0 Å². The highest BCUT2D eigenvalue weighted by molar-refractivity contribution is 5.91. The van der Waals surface area contributed by atoms with E-state index in [0.717, 1.165) is 22.3 Å². The number of ether oxygens (including phenoxy) is 2. The molecular formula is C23H20N2O3. The van der Waals surface area contributed by atoms with Crippen LogP contribution in [0.3, 0.4) is 0 Å². The summed E-state index contributed by atoms with van der Waals surface area (Å²) in [5.41, 5.74) is 4.36. The minimum atomic E-state index is -0.302. The first-order chi connectivity index (χ1) is 13.8. The smallest absolute Gasteiger partial charge is 0.290 e. The lowest BCUT2D eigenvalue weighted by atomic mass is 9.93. The summed E-state index contributed by atoms with van der Waals surface area (Å²) in [6.07, 6.45) is 5.46. The molecule has 3 aromatic rings. The van der Waals surface area contributed by atoms with E-state index < -0.39 is 0 Å². The van der Waals surface area contributed by atoms with Gasteiger partial charge >= 0.3 is 0 Å². The minimum Gasteiger partial charge on any atom is -0.461 e. The second-order valence-electron chi connectivity index (χ2n) is 6.45. The summed E-state index contributed by atoms with van der Waals surface area (Å²) < 4.78 is 10.2. The van der Waals surface area contributed by atoms with Crippen molar-refractivity contribution in [3.63, 3.8) is 0 Å². The van der Waals surface area contributed by atoms with Crippen molar-refractivity contribution in [2.24, 2.45) is 0 Å². The molecule has 1 aromatic heterocycles. The molecular weight excluding hydrogens is 352 g/mol. The highest BCUT2D eigenvalue weighted by Gasteiger charge is 2.22. The number of carbonyl (C=O) groups is 1. The predicted octanol–water partition coefficient (Wildman–Crippen LogP) is 3.99. The van der Waals surface area contributed by atoms with Crippen molar-refractivity contribution in [2.75, 3.05) is 6.79 Å². The summed E-state index contributed by atoms with van der Waals surface area (Å²) >= 11 is 0. The number of rotatable bonds is 6. The van der Waals surface area contributed by atoms with E-state index in [2.05, 4.69) is 34.6 Å². The van der Waals surface area contributed by atoms with Gasteiger partial charge in [-0.1, -0.05) is 60.7 Å². The fourth-order valence-electron chi connectivity index (χ4n) is 3.24. The zero-order valence-electron chi connectivity index (χ0n) is 15.2. The third-order valence-electron chi connectivity index (χ3n) is 4.61. The average molecular weight is 372 g/mol. The largest absolute Gasteiger partial charge is 0.461 e. The van der Waals surface area contributed by atoms with Crippen LogP contribution in [-0.4, -0.2) is 17.7 Å². The van der Waals surface area contributed by atoms with Crippen molar-refractivity contribution < 1.29 is 14.3 Å². The van der Waals surface area contributed by atoms with E-state index in [0.29, 0.717) is 6.42 Å². The van der Waals surface area contributed by atoms with Crippen LogP contribution in [0.1, 0.15) is 17.2 Å². The highest BCUT2D eigenvalue weighted by Crippen LogP contribution is 2.28. The first kappa shape index (κ1) is 17.8. The Morgan fingerprint density at radius 3 is 2.61 bits per heavy atom. The van der Waals surface area contributed by atoms with Gasteiger partial charge in [-0.25, -0.2) is 0 Å². The maximum atomic E-state index is 12.6. The molecule has 0 radical (unpaired) electrons.